The molecule has 1 atom stereocenters. The number of nitrogens with zero attached hydrogens (tertiary/aromatic N) is 3. The van der Waals surface area contributed by atoms with Crippen molar-refractivity contribution in [3.63, 3.8) is 0 Å². The lowest BCUT2D eigenvalue weighted by Crippen LogP contribution is -2.46. The molecular formula is C24H39N5O. The normalized spacial score (nSPS) is 21.6. The van der Waals surface area contributed by atoms with Crippen LogP contribution in [0.15, 0.2) is 35.3 Å². The van der Waals surface area contributed by atoms with Crippen molar-refractivity contribution >= 4 is 11.9 Å². The molecule has 166 valence electrons. The number of hydrogen-bond donors (Lipinski definition) is 2. The van der Waals surface area contributed by atoms with Crippen molar-refractivity contribution in [1.29, 1.82) is 0 Å². The van der Waals surface area contributed by atoms with Gasteiger partial charge in [0.1, 0.15) is 0 Å². The lowest BCUT2D eigenvalue weighted by molar-refractivity contribution is -0.133. The number of guanidine groups is 1. The Bertz CT molecular complexity index is 697. The number of likely N-dealkylation sites (tertiary alicyclic amines) is 1. The van der Waals surface area contributed by atoms with E-state index < -0.39 is 0 Å². The predicted molar refractivity (Wildman–Crippen MR) is 124 cm³/mol. The Labute approximate surface area is 182 Å². The summed E-state index contributed by atoms with van der Waals surface area (Å²) >= 11 is 0. The second-order valence-corrected chi connectivity index (χ2v) is 8.99. The van der Waals surface area contributed by atoms with Gasteiger partial charge in [-0.05, 0) is 44.2 Å². The van der Waals surface area contributed by atoms with Crippen LogP contribution in [0.3, 0.4) is 0 Å². The molecule has 1 saturated heterocycles. The Morgan fingerprint density at radius 2 is 1.90 bits per heavy atom. The van der Waals surface area contributed by atoms with E-state index in [1.807, 2.05) is 21.1 Å². The standard InChI is InChI=1S/C24H39N5O/c1-25-23(26-16-10-18-29-17-9-13-21(29)22(30)28(2)3)27-19-24(14-7-8-15-24)20-11-5-4-6-12-20/h4-6,11-12,21H,7-10,13-19H2,1-3H3,(H2,25,26,27). The highest BCUT2D eigenvalue weighted by Crippen LogP contribution is 2.40. The summed E-state index contributed by atoms with van der Waals surface area (Å²) < 4.78 is 0. The van der Waals surface area contributed by atoms with Crippen molar-refractivity contribution in [2.45, 2.75) is 56.4 Å². The molecule has 1 aromatic carbocycles. The zero-order valence-electron chi connectivity index (χ0n) is 19.0. The molecule has 2 fully saturated rings. The van der Waals surface area contributed by atoms with E-state index in [2.05, 4.69) is 50.9 Å². The van der Waals surface area contributed by atoms with E-state index in [1.54, 1.807) is 4.90 Å². The molecule has 1 heterocycles. The van der Waals surface area contributed by atoms with Crippen LogP contribution < -0.4 is 10.6 Å². The molecule has 1 aliphatic carbocycles. The van der Waals surface area contributed by atoms with Gasteiger partial charge in [-0.25, -0.2) is 0 Å². The number of likely N-dealkylation sites (N-methyl/N-ethyl adjacent to an activating group) is 1. The topological polar surface area (TPSA) is 60.0 Å². The molecule has 0 aromatic heterocycles. The van der Waals surface area contributed by atoms with E-state index in [4.69, 9.17) is 0 Å². The molecule has 6 heteroatoms. The molecule has 0 radical (unpaired) electrons. The molecule has 1 aromatic rings. The highest BCUT2D eigenvalue weighted by atomic mass is 16.2. The monoisotopic (exact) mass is 413 g/mol. The number of rotatable bonds is 8. The lowest BCUT2D eigenvalue weighted by atomic mass is 9.79. The minimum atomic E-state index is 0.0607. The Morgan fingerprint density at radius 3 is 2.57 bits per heavy atom. The molecule has 6 nitrogen and oxygen atoms in total. The average molecular weight is 414 g/mol. The summed E-state index contributed by atoms with van der Waals surface area (Å²) in [4.78, 5) is 20.8. The van der Waals surface area contributed by atoms with Crippen LogP contribution in [0.5, 0.6) is 0 Å². The first-order chi connectivity index (χ1) is 14.6. The quantitative estimate of drug-likeness (QED) is 0.391. The number of hydrogen-bond acceptors (Lipinski definition) is 3. The van der Waals surface area contributed by atoms with Gasteiger partial charge in [0.25, 0.3) is 0 Å². The molecule has 0 spiro atoms. The van der Waals surface area contributed by atoms with E-state index in [9.17, 15) is 4.79 Å². The van der Waals surface area contributed by atoms with Gasteiger partial charge >= 0.3 is 0 Å². The fraction of sp³-hybridized carbons (Fsp3) is 0.667. The van der Waals surface area contributed by atoms with Gasteiger partial charge in [-0.2, -0.15) is 0 Å². The van der Waals surface area contributed by atoms with Crippen LogP contribution in [0.4, 0.5) is 0 Å². The number of aliphatic imine (C=N–C) groups is 1. The van der Waals surface area contributed by atoms with Gasteiger partial charge in [-0.1, -0.05) is 43.2 Å². The summed E-state index contributed by atoms with van der Waals surface area (Å²) in [6.07, 6.45) is 8.16. The van der Waals surface area contributed by atoms with Crippen molar-refractivity contribution < 1.29 is 4.79 Å². The third-order valence-electron chi connectivity index (χ3n) is 6.77. The van der Waals surface area contributed by atoms with E-state index in [0.717, 1.165) is 51.4 Å². The number of carbonyl (C=O) groups is 1. The first-order valence-corrected chi connectivity index (χ1v) is 11.5. The fourth-order valence-electron chi connectivity index (χ4n) is 5.04. The van der Waals surface area contributed by atoms with E-state index in [1.165, 1.54) is 31.2 Å². The molecule has 1 unspecified atom stereocenters. The molecular weight excluding hydrogens is 374 g/mol. The van der Waals surface area contributed by atoms with Crippen LogP contribution >= 0.6 is 0 Å². The van der Waals surface area contributed by atoms with Gasteiger partial charge in [0.15, 0.2) is 5.96 Å². The summed E-state index contributed by atoms with van der Waals surface area (Å²) in [5, 5.41) is 7.06. The van der Waals surface area contributed by atoms with Crippen molar-refractivity contribution in [1.82, 2.24) is 20.4 Å². The summed E-state index contributed by atoms with van der Waals surface area (Å²) in [6.45, 7) is 3.75. The first kappa shape index (κ1) is 22.6. The molecule has 1 aliphatic heterocycles. The molecule has 2 aliphatic rings. The van der Waals surface area contributed by atoms with Crippen LogP contribution in [0.25, 0.3) is 0 Å². The van der Waals surface area contributed by atoms with Crippen molar-refractivity contribution in [2.75, 3.05) is 47.3 Å². The largest absolute Gasteiger partial charge is 0.356 e. The minimum Gasteiger partial charge on any atom is -0.356 e. The van der Waals surface area contributed by atoms with Crippen LogP contribution in [0, 0.1) is 0 Å². The zero-order valence-corrected chi connectivity index (χ0v) is 19.0. The van der Waals surface area contributed by atoms with Crippen LogP contribution in [-0.2, 0) is 10.2 Å². The van der Waals surface area contributed by atoms with Gasteiger partial charge in [0.2, 0.25) is 5.91 Å². The fourth-order valence-corrected chi connectivity index (χ4v) is 5.04. The van der Waals surface area contributed by atoms with Crippen molar-refractivity contribution in [2.24, 2.45) is 4.99 Å². The molecule has 3 rings (SSSR count). The van der Waals surface area contributed by atoms with E-state index in [0.29, 0.717) is 0 Å². The molecule has 2 N–H and O–H groups in total. The van der Waals surface area contributed by atoms with Crippen LogP contribution in [-0.4, -0.2) is 75.0 Å². The number of carbonyl (C=O) groups excluding carboxylic acids is 1. The molecule has 0 bridgehead atoms. The lowest BCUT2D eigenvalue weighted by Gasteiger charge is -2.31. The maximum atomic E-state index is 12.3. The Morgan fingerprint density at radius 1 is 1.17 bits per heavy atom. The van der Waals surface area contributed by atoms with Gasteiger partial charge in [-0.15, -0.1) is 0 Å². The number of amides is 1. The van der Waals surface area contributed by atoms with E-state index in [-0.39, 0.29) is 17.4 Å². The maximum absolute atomic E-state index is 12.3. The van der Waals surface area contributed by atoms with Crippen molar-refractivity contribution in [3.8, 4) is 0 Å². The predicted octanol–water partition coefficient (Wildman–Crippen LogP) is 2.61. The number of nitrogens with one attached hydrogen (secondary N) is 2. The third kappa shape index (κ3) is 5.54. The zero-order chi connectivity index (χ0) is 21.4. The molecule has 1 amide bonds. The Hall–Kier alpha value is -2.08. The van der Waals surface area contributed by atoms with Gasteiger partial charge in [0.05, 0.1) is 6.04 Å². The minimum absolute atomic E-state index is 0.0607. The first-order valence-electron chi connectivity index (χ1n) is 11.5. The molecule has 30 heavy (non-hydrogen) atoms. The Balaban J connectivity index is 1.44. The van der Waals surface area contributed by atoms with Crippen LogP contribution in [0.1, 0.15) is 50.5 Å². The van der Waals surface area contributed by atoms with E-state index >= 15 is 0 Å². The second-order valence-electron chi connectivity index (χ2n) is 8.99. The number of benzene rings is 1. The smallest absolute Gasteiger partial charge is 0.239 e. The van der Waals surface area contributed by atoms with Gasteiger partial charge in [-0.3, -0.25) is 14.7 Å². The highest BCUT2D eigenvalue weighted by Gasteiger charge is 2.35. The summed E-state index contributed by atoms with van der Waals surface area (Å²) in [7, 11) is 5.54. The summed E-state index contributed by atoms with van der Waals surface area (Å²) in [6, 6.07) is 11.0. The van der Waals surface area contributed by atoms with Gasteiger partial charge < -0.3 is 15.5 Å². The third-order valence-corrected chi connectivity index (χ3v) is 6.77. The highest BCUT2D eigenvalue weighted by molar-refractivity contribution is 5.81. The van der Waals surface area contributed by atoms with Crippen molar-refractivity contribution in [3.05, 3.63) is 35.9 Å². The Kier molecular flexibility index (Phi) is 8.14. The summed E-state index contributed by atoms with van der Waals surface area (Å²) in [5.41, 5.74) is 1.66. The molecule has 1 saturated carbocycles. The van der Waals surface area contributed by atoms with Crippen LogP contribution in [0.2, 0.25) is 0 Å². The maximum Gasteiger partial charge on any atom is 0.239 e. The summed E-state index contributed by atoms with van der Waals surface area (Å²) in [5.74, 6) is 1.11. The average Bonchev–Trinajstić information content (AvgIpc) is 3.43. The van der Waals surface area contributed by atoms with Gasteiger partial charge in [0, 0.05) is 46.2 Å². The second kappa shape index (κ2) is 10.8. The SMILES string of the molecule is CN=C(NCCCN1CCCC1C(=O)N(C)C)NCC1(c2ccccc2)CCCC1.